The molecule has 1 amide bonds. The average molecular weight is 673 g/mol. The van der Waals surface area contributed by atoms with Gasteiger partial charge in [-0.3, -0.25) is 4.79 Å². The Morgan fingerprint density at radius 1 is 1.03 bits per heavy atom. The number of carbonyl (C=O) groups excluding carboxylic acids is 1. The molecule has 0 aliphatic rings. The van der Waals surface area contributed by atoms with Gasteiger partial charge in [0.1, 0.15) is 24.0 Å². The molecule has 0 spiro atoms. The van der Waals surface area contributed by atoms with Crippen molar-refractivity contribution in [3.8, 4) is 17.9 Å². The van der Waals surface area contributed by atoms with Crippen molar-refractivity contribution in [1.82, 2.24) is 5.32 Å². The minimum Gasteiger partial charge on any atom is -0.487 e. The Bertz CT molecular complexity index is 1280. The topological polar surface area (TPSA) is 85.9 Å². The number of aryl methyl sites for hydroxylation is 1. The van der Waals surface area contributed by atoms with Gasteiger partial charge in [0.05, 0.1) is 15.2 Å². The molecule has 3 aromatic rings. The fourth-order valence-electron chi connectivity index (χ4n) is 3.28. The van der Waals surface area contributed by atoms with Crippen molar-refractivity contribution in [3.05, 3.63) is 102 Å². The predicted octanol–water partition coefficient (Wildman–Crippen LogP) is 6.00. The fraction of sp³-hybridized carbons (Fsp3) is 0.148. The van der Waals surface area contributed by atoms with Crippen molar-refractivity contribution >= 4 is 57.2 Å². The highest BCUT2D eigenvalue weighted by atomic mass is 127. The van der Waals surface area contributed by atoms with Crippen LogP contribution in [0.1, 0.15) is 28.7 Å². The van der Waals surface area contributed by atoms with Crippen molar-refractivity contribution in [2.45, 2.75) is 19.4 Å². The first-order chi connectivity index (χ1) is 16.5. The van der Waals surface area contributed by atoms with Crippen LogP contribution in [0, 0.1) is 29.8 Å². The molecule has 1 N–H and O–H groups in total. The smallest absolute Gasteiger partial charge is 0.261 e. The van der Waals surface area contributed by atoms with Gasteiger partial charge in [0.2, 0.25) is 0 Å². The summed E-state index contributed by atoms with van der Waals surface area (Å²) in [6, 6.07) is 25.3. The zero-order valence-corrected chi connectivity index (χ0v) is 22.5. The first-order valence-corrected chi connectivity index (χ1v) is 12.7. The second-order valence-corrected chi connectivity index (χ2v) is 9.79. The van der Waals surface area contributed by atoms with Gasteiger partial charge in [-0.15, -0.1) is 0 Å². The Labute approximate surface area is 226 Å². The van der Waals surface area contributed by atoms with Crippen molar-refractivity contribution in [1.29, 1.82) is 10.5 Å². The van der Waals surface area contributed by atoms with Crippen LogP contribution in [0.15, 0.2) is 72.3 Å². The maximum atomic E-state index is 12.7. The molecule has 5 nitrogen and oxygen atoms in total. The van der Waals surface area contributed by atoms with Crippen LogP contribution < -0.4 is 10.1 Å². The van der Waals surface area contributed by atoms with Crippen LogP contribution in [-0.4, -0.2) is 12.5 Å². The van der Waals surface area contributed by atoms with E-state index in [1.807, 2.05) is 54.6 Å². The molecule has 0 aromatic heterocycles. The van der Waals surface area contributed by atoms with E-state index >= 15 is 0 Å². The number of rotatable bonds is 9. The summed E-state index contributed by atoms with van der Waals surface area (Å²) in [7, 11) is 0. The van der Waals surface area contributed by atoms with E-state index in [0.29, 0.717) is 23.4 Å². The number of ether oxygens (including phenoxy) is 1. The van der Waals surface area contributed by atoms with Crippen molar-refractivity contribution < 1.29 is 9.53 Å². The fourth-order valence-corrected chi connectivity index (χ4v) is 5.33. The standard InChI is InChI=1S/C27H21I2N3O2/c28-24-14-22(26(25(29)15-24)34-18-21-11-5-4-10-20(21)16-30)13-23(17-31)27(33)32-12-6-9-19-7-2-1-3-8-19/h1-5,7-8,10-11,13-15H,6,9,12,18H2,(H,32,33)/b23-13-. The number of hydrogen-bond donors (Lipinski definition) is 1. The summed E-state index contributed by atoms with van der Waals surface area (Å²) in [5, 5.41) is 21.8. The molecule has 0 heterocycles. The number of nitrogens with zero attached hydrogens (tertiary/aromatic N) is 2. The Morgan fingerprint density at radius 3 is 2.50 bits per heavy atom. The minimum absolute atomic E-state index is 0.0137. The lowest BCUT2D eigenvalue weighted by atomic mass is 10.1. The van der Waals surface area contributed by atoms with Gasteiger partial charge in [-0.25, -0.2) is 0 Å². The van der Waals surface area contributed by atoms with Crippen LogP contribution in [-0.2, 0) is 17.8 Å². The predicted molar refractivity (Wildman–Crippen MR) is 149 cm³/mol. The highest BCUT2D eigenvalue weighted by molar-refractivity contribution is 14.1. The molecule has 0 aliphatic heterocycles. The molecule has 0 saturated carbocycles. The van der Waals surface area contributed by atoms with E-state index in [9.17, 15) is 15.3 Å². The maximum Gasteiger partial charge on any atom is 0.261 e. The van der Waals surface area contributed by atoms with Gasteiger partial charge in [-0.05, 0) is 87.9 Å². The van der Waals surface area contributed by atoms with Gasteiger partial charge in [0.15, 0.2) is 0 Å². The molecular weight excluding hydrogens is 652 g/mol. The van der Waals surface area contributed by atoms with E-state index in [1.165, 1.54) is 5.56 Å². The number of hydrogen-bond acceptors (Lipinski definition) is 4. The summed E-state index contributed by atoms with van der Waals surface area (Å²) >= 11 is 4.37. The van der Waals surface area contributed by atoms with Crippen molar-refractivity contribution in [2.75, 3.05) is 6.54 Å². The van der Waals surface area contributed by atoms with Gasteiger partial charge in [-0.1, -0.05) is 48.5 Å². The van der Waals surface area contributed by atoms with Crippen LogP contribution in [0.25, 0.3) is 6.08 Å². The minimum atomic E-state index is -0.412. The normalized spacial score (nSPS) is 10.8. The summed E-state index contributed by atoms with van der Waals surface area (Å²) < 4.78 is 7.89. The van der Waals surface area contributed by atoms with Crippen LogP contribution in [0.5, 0.6) is 5.75 Å². The van der Waals surface area contributed by atoms with E-state index in [0.717, 1.165) is 25.5 Å². The molecule has 0 saturated heterocycles. The highest BCUT2D eigenvalue weighted by Gasteiger charge is 2.14. The van der Waals surface area contributed by atoms with Gasteiger partial charge in [0, 0.05) is 21.2 Å². The van der Waals surface area contributed by atoms with Crippen molar-refractivity contribution in [3.63, 3.8) is 0 Å². The van der Waals surface area contributed by atoms with Crippen LogP contribution >= 0.6 is 45.2 Å². The Kier molecular flexibility index (Phi) is 9.92. The van der Waals surface area contributed by atoms with Gasteiger partial charge in [-0.2, -0.15) is 10.5 Å². The zero-order chi connectivity index (χ0) is 24.3. The van der Waals surface area contributed by atoms with Crippen LogP contribution in [0.2, 0.25) is 0 Å². The Hall–Kier alpha value is -2.89. The molecule has 0 radical (unpaired) electrons. The molecule has 170 valence electrons. The lowest BCUT2D eigenvalue weighted by Gasteiger charge is -2.13. The molecule has 7 heteroatoms. The first kappa shape index (κ1) is 25.7. The van der Waals surface area contributed by atoms with Gasteiger partial charge < -0.3 is 10.1 Å². The van der Waals surface area contributed by atoms with Gasteiger partial charge in [0.25, 0.3) is 5.91 Å². The third kappa shape index (κ3) is 7.31. The Morgan fingerprint density at radius 2 is 1.76 bits per heavy atom. The number of nitrogens with one attached hydrogen (secondary N) is 1. The third-order valence-corrected chi connectivity index (χ3v) is 6.41. The average Bonchev–Trinajstić information content (AvgIpc) is 2.85. The summed E-state index contributed by atoms with van der Waals surface area (Å²) in [6.45, 7) is 0.680. The quantitative estimate of drug-likeness (QED) is 0.131. The molecule has 3 aromatic carbocycles. The number of benzene rings is 3. The lowest BCUT2D eigenvalue weighted by molar-refractivity contribution is -0.117. The summed E-state index contributed by atoms with van der Waals surface area (Å²) in [5.41, 5.74) is 3.18. The molecule has 0 unspecified atom stereocenters. The SMILES string of the molecule is N#C/C(=C/c1cc(I)cc(I)c1OCc1ccccc1C#N)C(=O)NCCCc1ccccc1. The highest BCUT2D eigenvalue weighted by Crippen LogP contribution is 2.31. The largest absolute Gasteiger partial charge is 0.487 e. The van der Waals surface area contributed by atoms with E-state index in [1.54, 1.807) is 12.1 Å². The maximum absolute atomic E-state index is 12.7. The molecular formula is C27H21I2N3O2. The summed E-state index contributed by atoms with van der Waals surface area (Å²) in [4.78, 5) is 12.7. The third-order valence-electron chi connectivity index (χ3n) is 4.98. The van der Waals surface area contributed by atoms with Crippen molar-refractivity contribution in [2.24, 2.45) is 0 Å². The van der Waals surface area contributed by atoms with Crippen LogP contribution in [0.4, 0.5) is 0 Å². The lowest BCUT2D eigenvalue weighted by Crippen LogP contribution is -2.25. The summed E-state index contributed by atoms with van der Waals surface area (Å²) in [6.07, 6.45) is 3.19. The van der Waals surface area contributed by atoms with Gasteiger partial charge >= 0.3 is 0 Å². The van der Waals surface area contributed by atoms with E-state index < -0.39 is 5.91 Å². The van der Waals surface area contributed by atoms with Crippen LogP contribution in [0.3, 0.4) is 0 Å². The number of amides is 1. The first-order valence-electron chi connectivity index (χ1n) is 10.6. The second kappa shape index (κ2) is 13.1. The molecule has 0 fully saturated rings. The summed E-state index contributed by atoms with van der Waals surface area (Å²) in [5.74, 6) is 0.156. The van der Waals surface area contributed by atoms with E-state index in [4.69, 9.17) is 4.74 Å². The van der Waals surface area contributed by atoms with E-state index in [2.05, 4.69) is 68.7 Å². The number of halogens is 2. The molecule has 3 rings (SSSR count). The Balaban J connectivity index is 1.73. The monoisotopic (exact) mass is 673 g/mol. The zero-order valence-electron chi connectivity index (χ0n) is 18.2. The molecule has 0 aliphatic carbocycles. The molecule has 34 heavy (non-hydrogen) atoms. The second-order valence-electron chi connectivity index (χ2n) is 7.38. The number of carbonyl (C=O) groups is 1. The molecule has 0 atom stereocenters. The molecule has 0 bridgehead atoms. The number of nitriles is 2. The van der Waals surface area contributed by atoms with E-state index in [-0.39, 0.29) is 12.2 Å².